The zero-order chi connectivity index (χ0) is 17.3. The molecule has 0 unspecified atom stereocenters. The summed E-state index contributed by atoms with van der Waals surface area (Å²) in [5, 5.41) is 3.91. The van der Waals surface area contributed by atoms with Crippen LogP contribution in [0, 0.1) is 27.7 Å². The fourth-order valence-electron chi connectivity index (χ4n) is 3.80. The van der Waals surface area contributed by atoms with Crippen molar-refractivity contribution in [2.75, 3.05) is 0 Å². The second-order valence-electron chi connectivity index (χ2n) is 6.56. The third-order valence-corrected chi connectivity index (χ3v) is 10.7. The molecule has 0 aliphatic rings. The Kier molecular flexibility index (Phi) is 4.66. The molecule has 0 fully saturated rings. The van der Waals surface area contributed by atoms with Crippen molar-refractivity contribution in [2.24, 2.45) is 0 Å². The van der Waals surface area contributed by atoms with Gasteiger partial charge in [-0.25, -0.2) is 0 Å². The molecular weight excluding hydrogens is 328 g/mol. The van der Waals surface area contributed by atoms with E-state index in [4.69, 9.17) is 11.1 Å². The van der Waals surface area contributed by atoms with E-state index in [-0.39, 0.29) is 0 Å². The molecule has 122 valence electrons. The number of aryl methyl sites for hydroxylation is 4. The van der Waals surface area contributed by atoms with Gasteiger partial charge in [-0.05, 0) is 65.5 Å². The van der Waals surface area contributed by atoms with Gasteiger partial charge in [0.05, 0.1) is 0 Å². The lowest BCUT2D eigenvalue weighted by atomic mass is 10.1. The van der Waals surface area contributed by atoms with Crippen molar-refractivity contribution in [3.8, 4) is 0 Å². The summed E-state index contributed by atoms with van der Waals surface area (Å²) < 4.78 is 0. The summed E-state index contributed by atoms with van der Waals surface area (Å²) in [6.07, 6.45) is 0. The van der Waals surface area contributed by atoms with Crippen molar-refractivity contribution in [3.63, 3.8) is 0 Å². The molecule has 0 N–H and O–H groups in total. The first-order valence-corrected chi connectivity index (χ1v) is 11.3. The molecule has 0 amide bonds. The highest BCUT2D eigenvalue weighted by Gasteiger charge is 2.42. The number of hydrogen-bond donors (Lipinski definition) is 0. The van der Waals surface area contributed by atoms with Crippen LogP contribution < -0.4 is 15.6 Å². The molecular formula is C22H23ClSi. The molecule has 3 rings (SSSR count). The second-order valence-corrected chi connectivity index (χ2v) is 11.2. The van der Waals surface area contributed by atoms with Crippen LogP contribution in [0.3, 0.4) is 0 Å². The minimum Gasteiger partial charge on any atom is -0.149 e. The minimum atomic E-state index is -2.58. The SMILES string of the molecule is Cc1cccc(C)c1[Si](Cl)(c1ccccc1)c1c(C)cccc1C. The topological polar surface area (TPSA) is 0 Å². The lowest BCUT2D eigenvalue weighted by molar-refractivity contribution is 1.40. The largest absolute Gasteiger partial charge is 0.248 e. The highest BCUT2D eigenvalue weighted by Crippen LogP contribution is 2.19. The first kappa shape index (κ1) is 17.0. The average molecular weight is 351 g/mol. The van der Waals surface area contributed by atoms with Crippen LogP contribution in [0.25, 0.3) is 0 Å². The van der Waals surface area contributed by atoms with Crippen LogP contribution in [0.4, 0.5) is 0 Å². The lowest BCUT2D eigenvalue weighted by Gasteiger charge is -2.32. The van der Waals surface area contributed by atoms with Crippen molar-refractivity contribution in [1.29, 1.82) is 0 Å². The van der Waals surface area contributed by atoms with E-state index >= 15 is 0 Å². The molecule has 0 nitrogen and oxygen atoms in total. The van der Waals surface area contributed by atoms with Crippen LogP contribution in [0.2, 0.25) is 0 Å². The quantitative estimate of drug-likeness (QED) is 0.378. The first-order chi connectivity index (χ1) is 11.5. The van der Waals surface area contributed by atoms with E-state index in [1.54, 1.807) is 0 Å². The summed E-state index contributed by atoms with van der Waals surface area (Å²) in [7, 11) is -2.58. The molecule has 0 heterocycles. The normalized spacial score (nSPS) is 11.5. The first-order valence-electron chi connectivity index (χ1n) is 8.34. The van der Waals surface area contributed by atoms with Gasteiger partial charge in [-0.15, -0.1) is 11.1 Å². The van der Waals surface area contributed by atoms with Crippen LogP contribution in [-0.2, 0) is 0 Å². The van der Waals surface area contributed by atoms with E-state index in [9.17, 15) is 0 Å². The molecule has 0 atom stereocenters. The zero-order valence-corrected chi connectivity index (χ0v) is 16.5. The zero-order valence-electron chi connectivity index (χ0n) is 14.7. The Balaban J connectivity index is 2.44. The highest BCUT2D eigenvalue weighted by molar-refractivity contribution is 7.40. The van der Waals surface area contributed by atoms with Gasteiger partial charge >= 0.3 is 0 Å². The predicted molar refractivity (Wildman–Crippen MR) is 109 cm³/mol. The van der Waals surface area contributed by atoms with Crippen molar-refractivity contribution in [3.05, 3.63) is 89.0 Å². The van der Waals surface area contributed by atoms with Crippen molar-refractivity contribution < 1.29 is 0 Å². The summed E-state index contributed by atoms with van der Waals surface area (Å²) in [5.74, 6) is 0. The van der Waals surface area contributed by atoms with E-state index in [1.165, 1.54) is 37.8 Å². The lowest BCUT2D eigenvalue weighted by Crippen LogP contribution is -2.65. The van der Waals surface area contributed by atoms with Crippen molar-refractivity contribution in [2.45, 2.75) is 27.7 Å². The molecule has 0 bridgehead atoms. The van der Waals surface area contributed by atoms with Gasteiger partial charge in [-0.2, -0.15) is 0 Å². The van der Waals surface area contributed by atoms with Crippen LogP contribution >= 0.6 is 11.1 Å². The number of hydrogen-bond acceptors (Lipinski definition) is 0. The Morgan fingerprint density at radius 3 is 1.29 bits per heavy atom. The Bertz CT molecular complexity index is 776. The van der Waals surface area contributed by atoms with Crippen LogP contribution in [0.1, 0.15) is 22.3 Å². The van der Waals surface area contributed by atoms with E-state index in [2.05, 4.69) is 94.4 Å². The maximum atomic E-state index is 7.68. The molecule has 0 aliphatic carbocycles. The van der Waals surface area contributed by atoms with Crippen molar-refractivity contribution in [1.82, 2.24) is 0 Å². The second kappa shape index (κ2) is 6.58. The third kappa shape index (κ3) is 2.72. The number of benzene rings is 3. The maximum Gasteiger partial charge on any atom is 0.248 e. The van der Waals surface area contributed by atoms with E-state index in [0.717, 1.165) is 0 Å². The molecule has 0 spiro atoms. The van der Waals surface area contributed by atoms with Crippen LogP contribution in [-0.4, -0.2) is 7.38 Å². The van der Waals surface area contributed by atoms with E-state index in [0.29, 0.717) is 0 Å². The number of rotatable bonds is 3. The summed E-state index contributed by atoms with van der Waals surface area (Å²) >= 11 is 7.68. The van der Waals surface area contributed by atoms with Gasteiger partial charge in [-0.3, -0.25) is 0 Å². The summed E-state index contributed by atoms with van der Waals surface area (Å²) in [5.41, 5.74) is 5.12. The molecule has 0 saturated carbocycles. The molecule has 2 heteroatoms. The molecule has 24 heavy (non-hydrogen) atoms. The molecule has 0 aromatic heterocycles. The summed E-state index contributed by atoms with van der Waals surface area (Å²) in [4.78, 5) is 0. The highest BCUT2D eigenvalue weighted by atomic mass is 35.6. The monoisotopic (exact) mass is 350 g/mol. The van der Waals surface area contributed by atoms with Gasteiger partial charge in [0.25, 0.3) is 0 Å². The smallest absolute Gasteiger partial charge is 0.149 e. The summed E-state index contributed by atoms with van der Waals surface area (Å²) in [6, 6.07) is 23.6. The number of halogens is 1. The van der Waals surface area contributed by atoms with Crippen LogP contribution in [0.15, 0.2) is 66.7 Å². The predicted octanol–water partition coefficient (Wildman–Crippen LogP) is 4.13. The fraction of sp³-hybridized carbons (Fsp3) is 0.182. The Labute approximate surface area is 150 Å². The Hall–Kier alpha value is -1.83. The van der Waals surface area contributed by atoms with Gasteiger partial charge in [0, 0.05) is 0 Å². The molecule has 0 aliphatic heterocycles. The van der Waals surface area contributed by atoms with Gasteiger partial charge in [0.1, 0.15) is 0 Å². The molecule has 0 radical (unpaired) electrons. The van der Waals surface area contributed by atoms with Crippen molar-refractivity contribution >= 4 is 34.0 Å². The van der Waals surface area contributed by atoms with E-state index < -0.39 is 7.38 Å². The average Bonchev–Trinajstić information content (AvgIpc) is 2.55. The third-order valence-electron chi connectivity index (χ3n) is 4.82. The Morgan fingerprint density at radius 1 is 0.542 bits per heavy atom. The van der Waals surface area contributed by atoms with Crippen LogP contribution in [0.5, 0.6) is 0 Å². The van der Waals surface area contributed by atoms with Gasteiger partial charge in [0.2, 0.25) is 7.38 Å². The standard InChI is InChI=1S/C22H23ClSi/c1-16-10-8-11-17(2)21(16)24(23,20-14-6-5-7-15-20)22-18(3)12-9-13-19(22)4/h5-15H,1-4H3. The Morgan fingerprint density at radius 2 is 0.917 bits per heavy atom. The van der Waals surface area contributed by atoms with Gasteiger partial charge in [-0.1, -0.05) is 66.7 Å². The summed E-state index contributed by atoms with van der Waals surface area (Å²) in [6.45, 7) is 8.73. The fourth-order valence-corrected chi connectivity index (χ4v) is 9.95. The van der Waals surface area contributed by atoms with Gasteiger partial charge in [0.15, 0.2) is 0 Å². The molecule has 0 saturated heterocycles. The molecule has 3 aromatic rings. The molecule has 3 aromatic carbocycles. The maximum absolute atomic E-state index is 7.68. The van der Waals surface area contributed by atoms with Gasteiger partial charge < -0.3 is 0 Å². The van der Waals surface area contributed by atoms with E-state index in [1.807, 2.05) is 0 Å². The minimum absolute atomic E-state index is 1.25.